The third-order valence-corrected chi connectivity index (χ3v) is 4.82. The molecule has 92 valence electrons. The molecule has 1 aromatic carbocycles. The molecule has 0 radical (unpaired) electrons. The second-order valence-electron chi connectivity index (χ2n) is 4.15. The monoisotopic (exact) mass is 296 g/mol. The number of fused-ring (bicyclic) bond motifs is 1. The molecule has 0 spiro atoms. The highest BCUT2D eigenvalue weighted by Gasteiger charge is 2.11. The molecule has 2 aromatic heterocycles. The average Bonchev–Trinajstić information content (AvgIpc) is 2.85. The maximum atomic E-state index is 6.03. The van der Waals surface area contributed by atoms with E-state index in [1.54, 1.807) is 17.4 Å². The number of rotatable bonds is 1. The molecule has 2 nitrogen and oxygen atoms in total. The Morgan fingerprint density at radius 1 is 1.17 bits per heavy atom. The lowest BCUT2D eigenvalue weighted by Gasteiger charge is -1.99. The molecule has 0 bridgehead atoms. The van der Waals surface area contributed by atoms with Gasteiger partial charge in [-0.2, -0.15) is 0 Å². The Bertz CT molecular complexity index is 743. The molecule has 0 amide bonds. The van der Waals surface area contributed by atoms with Crippen LogP contribution in [0.2, 0.25) is 10.0 Å². The second-order valence-corrected chi connectivity index (χ2v) is 6.15. The molecular formula is C13H10Cl2N2S. The van der Waals surface area contributed by atoms with E-state index in [2.05, 4.69) is 23.2 Å². The molecular weight excluding hydrogens is 287 g/mol. The van der Waals surface area contributed by atoms with Crippen molar-refractivity contribution in [3.8, 4) is 11.3 Å². The van der Waals surface area contributed by atoms with Crippen molar-refractivity contribution < 1.29 is 0 Å². The van der Waals surface area contributed by atoms with Crippen LogP contribution in [0.15, 0.2) is 24.4 Å². The van der Waals surface area contributed by atoms with Crippen molar-refractivity contribution in [3.63, 3.8) is 0 Å². The van der Waals surface area contributed by atoms with E-state index in [9.17, 15) is 0 Å². The molecule has 2 heterocycles. The third kappa shape index (κ3) is 1.83. The molecule has 0 aliphatic rings. The predicted molar refractivity (Wildman–Crippen MR) is 78.0 cm³/mol. The summed E-state index contributed by atoms with van der Waals surface area (Å²) in [6.07, 6.45) is 2.04. The Balaban J connectivity index is 2.16. The fourth-order valence-corrected chi connectivity index (χ4v) is 3.10. The lowest BCUT2D eigenvalue weighted by molar-refractivity contribution is 1.11. The molecule has 0 N–H and O–H groups in total. The summed E-state index contributed by atoms with van der Waals surface area (Å²) in [6, 6.07) is 5.58. The fraction of sp³-hybridized carbons (Fsp3) is 0.154. The van der Waals surface area contributed by atoms with E-state index in [0.717, 1.165) is 16.2 Å². The first-order valence-corrected chi connectivity index (χ1v) is 7.04. The molecule has 3 rings (SSSR count). The summed E-state index contributed by atoms with van der Waals surface area (Å²) in [7, 11) is 0. The highest BCUT2D eigenvalue weighted by atomic mass is 35.5. The molecule has 0 saturated carbocycles. The highest BCUT2D eigenvalue weighted by Crippen LogP contribution is 2.30. The summed E-state index contributed by atoms with van der Waals surface area (Å²) in [5, 5.41) is 1.12. The van der Waals surface area contributed by atoms with Crippen LogP contribution in [0, 0.1) is 13.8 Å². The molecule has 0 atom stereocenters. The van der Waals surface area contributed by atoms with Crippen molar-refractivity contribution >= 4 is 39.5 Å². The van der Waals surface area contributed by atoms with Crippen LogP contribution in [0.25, 0.3) is 16.2 Å². The number of hydrogen-bond donors (Lipinski definition) is 0. The largest absolute Gasteiger partial charge is 0.294 e. The van der Waals surface area contributed by atoms with Crippen LogP contribution in [0.5, 0.6) is 0 Å². The van der Waals surface area contributed by atoms with E-state index in [1.807, 2.05) is 18.3 Å². The van der Waals surface area contributed by atoms with Crippen LogP contribution in [0.4, 0.5) is 0 Å². The highest BCUT2D eigenvalue weighted by molar-refractivity contribution is 7.17. The average molecular weight is 297 g/mol. The molecule has 0 unspecified atom stereocenters. The van der Waals surface area contributed by atoms with E-state index >= 15 is 0 Å². The first-order chi connectivity index (χ1) is 8.56. The summed E-state index contributed by atoms with van der Waals surface area (Å²) in [6.45, 7) is 4.20. The van der Waals surface area contributed by atoms with Crippen LogP contribution < -0.4 is 0 Å². The zero-order valence-electron chi connectivity index (χ0n) is 9.87. The van der Waals surface area contributed by atoms with Gasteiger partial charge in [0.2, 0.25) is 0 Å². The van der Waals surface area contributed by atoms with Gasteiger partial charge in [-0.05, 0) is 26.0 Å². The van der Waals surface area contributed by atoms with Crippen LogP contribution >= 0.6 is 34.5 Å². The number of benzene rings is 1. The summed E-state index contributed by atoms with van der Waals surface area (Å²) in [5.41, 5.74) is 3.13. The molecule has 3 aromatic rings. The van der Waals surface area contributed by atoms with E-state index < -0.39 is 0 Å². The Hall–Kier alpha value is -1.03. The summed E-state index contributed by atoms with van der Waals surface area (Å²) >= 11 is 13.6. The Morgan fingerprint density at radius 3 is 2.61 bits per heavy atom. The lowest BCUT2D eigenvalue weighted by atomic mass is 10.2. The van der Waals surface area contributed by atoms with Gasteiger partial charge in [-0.25, -0.2) is 4.98 Å². The van der Waals surface area contributed by atoms with Crippen molar-refractivity contribution in [2.75, 3.05) is 0 Å². The lowest BCUT2D eigenvalue weighted by Crippen LogP contribution is -1.82. The molecule has 5 heteroatoms. The topological polar surface area (TPSA) is 17.3 Å². The van der Waals surface area contributed by atoms with Crippen LogP contribution in [0.3, 0.4) is 0 Å². The van der Waals surface area contributed by atoms with Gasteiger partial charge in [0.1, 0.15) is 0 Å². The maximum absolute atomic E-state index is 6.03. The number of halogens is 2. The molecule has 0 aliphatic heterocycles. The van der Waals surface area contributed by atoms with Crippen molar-refractivity contribution in [2.45, 2.75) is 13.8 Å². The van der Waals surface area contributed by atoms with Gasteiger partial charge in [-0.15, -0.1) is 11.3 Å². The van der Waals surface area contributed by atoms with Gasteiger partial charge < -0.3 is 0 Å². The number of aryl methyl sites for hydroxylation is 2. The number of aromatic nitrogens is 2. The summed E-state index contributed by atoms with van der Waals surface area (Å²) in [4.78, 5) is 6.91. The van der Waals surface area contributed by atoms with Gasteiger partial charge in [-0.3, -0.25) is 4.40 Å². The first kappa shape index (κ1) is 12.0. The fourth-order valence-electron chi connectivity index (χ4n) is 1.85. The standard InChI is InChI=1S/C13H10Cl2N2S/c1-7-8(2)18-13-16-12(6-17(7)13)9-3-4-10(14)11(15)5-9/h3-6H,1-2H3. The van der Waals surface area contributed by atoms with E-state index in [1.165, 1.54) is 10.6 Å². The summed E-state index contributed by atoms with van der Waals surface area (Å²) < 4.78 is 2.11. The van der Waals surface area contributed by atoms with E-state index in [-0.39, 0.29) is 0 Å². The van der Waals surface area contributed by atoms with Crippen LogP contribution in [-0.4, -0.2) is 9.38 Å². The Kier molecular flexibility index (Phi) is 2.85. The second kappa shape index (κ2) is 4.26. The van der Waals surface area contributed by atoms with Gasteiger partial charge in [0, 0.05) is 22.3 Å². The van der Waals surface area contributed by atoms with E-state index in [0.29, 0.717) is 10.0 Å². The number of thiazole rings is 1. The smallest absolute Gasteiger partial charge is 0.194 e. The minimum atomic E-state index is 0.554. The minimum Gasteiger partial charge on any atom is -0.294 e. The van der Waals surface area contributed by atoms with Gasteiger partial charge in [-0.1, -0.05) is 29.3 Å². The van der Waals surface area contributed by atoms with Crippen molar-refractivity contribution in [2.24, 2.45) is 0 Å². The Labute approximate surface area is 119 Å². The van der Waals surface area contributed by atoms with Gasteiger partial charge in [0.25, 0.3) is 0 Å². The number of hydrogen-bond acceptors (Lipinski definition) is 2. The molecule has 0 saturated heterocycles. The van der Waals surface area contributed by atoms with Gasteiger partial charge in [0.05, 0.1) is 15.7 Å². The first-order valence-electron chi connectivity index (χ1n) is 5.47. The minimum absolute atomic E-state index is 0.554. The third-order valence-electron chi connectivity index (χ3n) is 3.00. The van der Waals surface area contributed by atoms with Crippen LogP contribution in [0.1, 0.15) is 10.6 Å². The molecule has 0 aliphatic carbocycles. The Morgan fingerprint density at radius 2 is 1.94 bits per heavy atom. The van der Waals surface area contributed by atoms with Crippen molar-refractivity contribution in [1.82, 2.24) is 9.38 Å². The maximum Gasteiger partial charge on any atom is 0.194 e. The number of imidazole rings is 1. The molecule has 18 heavy (non-hydrogen) atoms. The van der Waals surface area contributed by atoms with Crippen LogP contribution in [-0.2, 0) is 0 Å². The predicted octanol–water partition coefficient (Wildman–Crippen LogP) is 4.99. The number of nitrogens with zero attached hydrogens (tertiary/aromatic N) is 2. The quantitative estimate of drug-likeness (QED) is 0.618. The van der Waals surface area contributed by atoms with Gasteiger partial charge >= 0.3 is 0 Å². The SMILES string of the molecule is Cc1sc2nc(-c3ccc(Cl)c(Cl)c3)cn2c1C. The molecule has 0 fully saturated rings. The van der Waals surface area contributed by atoms with Gasteiger partial charge in [0.15, 0.2) is 4.96 Å². The zero-order valence-corrected chi connectivity index (χ0v) is 12.2. The summed E-state index contributed by atoms with van der Waals surface area (Å²) in [5.74, 6) is 0. The van der Waals surface area contributed by atoms with Crippen molar-refractivity contribution in [1.29, 1.82) is 0 Å². The van der Waals surface area contributed by atoms with E-state index in [4.69, 9.17) is 23.2 Å². The zero-order chi connectivity index (χ0) is 12.9. The normalized spacial score (nSPS) is 11.3. The van der Waals surface area contributed by atoms with Crippen molar-refractivity contribution in [3.05, 3.63) is 45.0 Å².